The number of rotatable bonds is 4. The van der Waals surface area contributed by atoms with Gasteiger partial charge < -0.3 is 5.73 Å². The Balaban J connectivity index is 0.00000261. The third-order valence-electron chi connectivity index (χ3n) is 4.50. The van der Waals surface area contributed by atoms with E-state index in [2.05, 4.69) is 0 Å². The largest absolute Gasteiger partial charge is 0.326 e. The van der Waals surface area contributed by atoms with Gasteiger partial charge in [0.1, 0.15) is 10.7 Å². The van der Waals surface area contributed by atoms with E-state index in [4.69, 9.17) is 5.73 Å². The van der Waals surface area contributed by atoms with Crippen molar-refractivity contribution >= 4 is 32.3 Å². The predicted octanol–water partition coefficient (Wildman–Crippen LogP) is 1.77. The molecule has 2 N–H and O–H groups in total. The van der Waals surface area contributed by atoms with Gasteiger partial charge in [0.05, 0.1) is 4.90 Å². The molecule has 1 saturated heterocycles. The first-order valence-electron chi connectivity index (χ1n) is 7.91. The van der Waals surface area contributed by atoms with Crippen molar-refractivity contribution in [3.05, 3.63) is 59.9 Å². The molecule has 6 nitrogen and oxygen atoms in total. The van der Waals surface area contributed by atoms with Gasteiger partial charge in [0.2, 0.25) is 10.0 Å². The summed E-state index contributed by atoms with van der Waals surface area (Å²) in [6.07, 6.45) is 0.865. The second-order valence-electron chi connectivity index (χ2n) is 6.37. The Morgan fingerprint density at radius 2 is 1.67 bits per heavy atom. The SMILES string of the molecule is CS(=O)(=O)c1ccc(S(=O)(=O)N2C[C@@H](N)[C@H](c3ccccc3)C2)cc1F.Cl. The molecule has 0 saturated carbocycles. The molecule has 148 valence electrons. The van der Waals surface area contributed by atoms with E-state index >= 15 is 0 Å². The molecule has 2 aromatic rings. The number of hydrogen-bond donors (Lipinski definition) is 1. The molecular weight excluding hydrogens is 415 g/mol. The molecule has 27 heavy (non-hydrogen) atoms. The van der Waals surface area contributed by atoms with Crippen LogP contribution in [0.25, 0.3) is 0 Å². The van der Waals surface area contributed by atoms with Crippen molar-refractivity contribution in [3.8, 4) is 0 Å². The smallest absolute Gasteiger partial charge is 0.243 e. The molecule has 1 aliphatic rings. The zero-order chi connectivity index (χ0) is 19.1. The highest BCUT2D eigenvalue weighted by molar-refractivity contribution is 7.90. The maximum Gasteiger partial charge on any atom is 0.243 e. The van der Waals surface area contributed by atoms with E-state index in [0.29, 0.717) is 0 Å². The van der Waals surface area contributed by atoms with E-state index in [1.807, 2.05) is 30.3 Å². The van der Waals surface area contributed by atoms with Gasteiger partial charge in [0, 0.05) is 31.3 Å². The van der Waals surface area contributed by atoms with Gasteiger partial charge in [-0.3, -0.25) is 0 Å². The van der Waals surface area contributed by atoms with Crippen molar-refractivity contribution in [2.24, 2.45) is 5.73 Å². The average molecular weight is 435 g/mol. The predicted molar refractivity (Wildman–Crippen MR) is 103 cm³/mol. The molecule has 0 unspecified atom stereocenters. The fourth-order valence-corrected chi connectivity index (χ4v) is 5.38. The normalized spacial score (nSPS) is 21.0. The van der Waals surface area contributed by atoms with Crippen molar-refractivity contribution in [1.29, 1.82) is 0 Å². The number of halogens is 2. The molecule has 2 atom stereocenters. The summed E-state index contributed by atoms with van der Waals surface area (Å²) in [5, 5.41) is 0. The molecule has 1 fully saturated rings. The highest BCUT2D eigenvalue weighted by Gasteiger charge is 2.38. The second kappa shape index (κ2) is 7.84. The maximum absolute atomic E-state index is 14.1. The molecule has 3 rings (SSSR count). The second-order valence-corrected chi connectivity index (χ2v) is 10.3. The molecule has 0 aromatic heterocycles. The Labute approximate surface area is 164 Å². The lowest BCUT2D eigenvalue weighted by Gasteiger charge is -2.17. The molecule has 0 spiro atoms. The van der Waals surface area contributed by atoms with Gasteiger partial charge in [-0.15, -0.1) is 12.4 Å². The van der Waals surface area contributed by atoms with Gasteiger partial charge in [-0.2, -0.15) is 4.31 Å². The summed E-state index contributed by atoms with van der Waals surface area (Å²) in [5.74, 6) is -1.25. The van der Waals surface area contributed by atoms with Crippen LogP contribution < -0.4 is 5.73 Å². The fourth-order valence-electron chi connectivity index (χ4n) is 3.13. The Kier molecular flexibility index (Phi) is 6.33. The van der Waals surface area contributed by atoms with Crippen LogP contribution in [0.1, 0.15) is 11.5 Å². The molecule has 0 bridgehead atoms. The van der Waals surface area contributed by atoms with Crippen molar-refractivity contribution in [2.75, 3.05) is 19.3 Å². The van der Waals surface area contributed by atoms with Crippen molar-refractivity contribution < 1.29 is 21.2 Å². The van der Waals surface area contributed by atoms with Crippen molar-refractivity contribution in [2.45, 2.75) is 21.8 Å². The summed E-state index contributed by atoms with van der Waals surface area (Å²) in [6, 6.07) is 11.8. The molecule has 2 aromatic carbocycles. The Morgan fingerprint density at radius 3 is 2.22 bits per heavy atom. The van der Waals surface area contributed by atoms with Crippen LogP contribution in [0.5, 0.6) is 0 Å². The van der Waals surface area contributed by atoms with Gasteiger partial charge >= 0.3 is 0 Å². The summed E-state index contributed by atoms with van der Waals surface area (Å²) in [5.41, 5.74) is 7.07. The third-order valence-corrected chi connectivity index (χ3v) is 7.46. The van der Waals surface area contributed by atoms with Gasteiger partial charge in [-0.05, 0) is 23.8 Å². The minimum Gasteiger partial charge on any atom is -0.326 e. The van der Waals surface area contributed by atoms with E-state index in [-0.39, 0.29) is 42.4 Å². The minimum absolute atomic E-state index is 0. The number of nitrogens with zero attached hydrogens (tertiary/aromatic N) is 1. The first-order chi connectivity index (χ1) is 12.1. The van der Waals surface area contributed by atoms with Crippen LogP contribution in [0.4, 0.5) is 4.39 Å². The van der Waals surface area contributed by atoms with E-state index in [1.54, 1.807) is 0 Å². The van der Waals surface area contributed by atoms with Crippen LogP contribution in [0.15, 0.2) is 58.3 Å². The lowest BCUT2D eigenvalue weighted by Crippen LogP contribution is -2.32. The zero-order valence-electron chi connectivity index (χ0n) is 14.4. The summed E-state index contributed by atoms with van der Waals surface area (Å²) in [6.45, 7) is 0.292. The van der Waals surface area contributed by atoms with Crippen LogP contribution in [0, 0.1) is 5.82 Å². The molecule has 1 heterocycles. The summed E-state index contributed by atoms with van der Waals surface area (Å²) >= 11 is 0. The first-order valence-corrected chi connectivity index (χ1v) is 11.2. The average Bonchev–Trinajstić information content (AvgIpc) is 2.97. The Hall–Kier alpha value is -1.52. The number of sulfone groups is 1. The monoisotopic (exact) mass is 434 g/mol. The van der Waals surface area contributed by atoms with Crippen LogP contribution in [-0.2, 0) is 19.9 Å². The van der Waals surface area contributed by atoms with Gasteiger partial charge in [0.15, 0.2) is 9.84 Å². The lowest BCUT2D eigenvalue weighted by atomic mass is 9.95. The number of hydrogen-bond acceptors (Lipinski definition) is 5. The number of nitrogens with two attached hydrogens (primary N) is 1. The summed E-state index contributed by atoms with van der Waals surface area (Å²) in [4.78, 5) is -0.819. The minimum atomic E-state index is -3.98. The molecule has 0 radical (unpaired) electrons. The van der Waals surface area contributed by atoms with Crippen LogP contribution in [0.3, 0.4) is 0 Å². The van der Waals surface area contributed by atoms with Crippen molar-refractivity contribution in [3.63, 3.8) is 0 Å². The first kappa shape index (κ1) is 21.8. The van der Waals surface area contributed by atoms with Crippen LogP contribution in [0.2, 0.25) is 0 Å². The van der Waals surface area contributed by atoms with E-state index in [9.17, 15) is 21.2 Å². The van der Waals surface area contributed by atoms with E-state index in [0.717, 1.165) is 30.0 Å². The van der Waals surface area contributed by atoms with Crippen LogP contribution in [-0.4, -0.2) is 46.5 Å². The summed E-state index contributed by atoms with van der Waals surface area (Å²) < 4.78 is 64.0. The van der Waals surface area contributed by atoms with Crippen LogP contribution >= 0.6 is 12.4 Å². The quantitative estimate of drug-likeness (QED) is 0.790. The van der Waals surface area contributed by atoms with Gasteiger partial charge in [-0.1, -0.05) is 30.3 Å². The standard InChI is InChI=1S/C17H19FN2O4S2.ClH/c1-25(21,22)17-8-7-13(9-15(17)18)26(23,24)20-10-14(16(19)11-20)12-5-3-2-4-6-12;/h2-9,14,16H,10-11,19H2,1H3;1H/t14-,16+;/m0./s1. The highest BCUT2D eigenvalue weighted by atomic mass is 35.5. The number of sulfonamides is 1. The summed E-state index contributed by atoms with van der Waals surface area (Å²) in [7, 11) is -7.75. The zero-order valence-corrected chi connectivity index (χ0v) is 16.9. The highest BCUT2D eigenvalue weighted by Crippen LogP contribution is 2.31. The fraction of sp³-hybridized carbons (Fsp3) is 0.294. The molecule has 1 aliphatic heterocycles. The Bertz CT molecular complexity index is 1030. The maximum atomic E-state index is 14.1. The molecule has 0 aliphatic carbocycles. The molecular formula is C17H20ClFN2O4S2. The molecule has 10 heteroatoms. The van der Waals surface area contributed by atoms with Gasteiger partial charge in [0.25, 0.3) is 0 Å². The topological polar surface area (TPSA) is 97.5 Å². The van der Waals surface area contributed by atoms with Crippen molar-refractivity contribution in [1.82, 2.24) is 4.31 Å². The lowest BCUT2D eigenvalue weighted by molar-refractivity contribution is 0.468. The molecule has 0 amide bonds. The van der Waals surface area contributed by atoms with Gasteiger partial charge in [-0.25, -0.2) is 21.2 Å². The Morgan fingerprint density at radius 1 is 1.04 bits per heavy atom. The third kappa shape index (κ3) is 4.33. The van der Waals surface area contributed by atoms with E-state index in [1.165, 1.54) is 4.31 Å². The number of benzene rings is 2. The van der Waals surface area contributed by atoms with E-state index < -0.39 is 30.6 Å².